The number of hydrogen-bond acceptors (Lipinski definition) is 5. The van der Waals surface area contributed by atoms with E-state index in [0.717, 1.165) is 11.1 Å². The number of anilines is 1. The van der Waals surface area contributed by atoms with Crippen molar-refractivity contribution in [3.05, 3.63) is 46.3 Å². The minimum Gasteiger partial charge on any atom is -0.452 e. The number of carbonyl (C=O) groups is 2. The maximum atomic E-state index is 11.9. The van der Waals surface area contributed by atoms with Crippen LogP contribution in [0.2, 0.25) is 0 Å². The number of amides is 1. The lowest BCUT2D eigenvalue weighted by atomic mass is 10.1. The first-order valence-corrected chi connectivity index (χ1v) is 6.86. The molecule has 0 saturated carbocycles. The van der Waals surface area contributed by atoms with Gasteiger partial charge >= 0.3 is 5.97 Å². The van der Waals surface area contributed by atoms with Crippen LogP contribution in [-0.2, 0) is 9.53 Å². The van der Waals surface area contributed by atoms with E-state index in [1.165, 1.54) is 0 Å². The second kappa shape index (κ2) is 6.43. The van der Waals surface area contributed by atoms with Gasteiger partial charge in [-0.1, -0.05) is 17.3 Å². The third-order valence-electron chi connectivity index (χ3n) is 3.45. The van der Waals surface area contributed by atoms with Crippen molar-refractivity contribution in [2.45, 2.75) is 27.7 Å². The zero-order valence-electron chi connectivity index (χ0n) is 13.0. The molecule has 2 rings (SSSR count). The normalized spacial score (nSPS) is 10.4. The molecule has 0 atom stereocenters. The van der Waals surface area contributed by atoms with Crippen LogP contribution in [0.5, 0.6) is 0 Å². The van der Waals surface area contributed by atoms with Crippen LogP contribution in [0, 0.1) is 27.7 Å². The van der Waals surface area contributed by atoms with Gasteiger partial charge < -0.3 is 14.6 Å². The Kier molecular flexibility index (Phi) is 4.60. The first-order chi connectivity index (χ1) is 10.4. The lowest BCUT2D eigenvalue weighted by Gasteiger charge is -2.10. The molecule has 6 heteroatoms. The molecule has 22 heavy (non-hydrogen) atoms. The SMILES string of the molecule is Cc1cccc(NC(=O)COC(=O)c2c(C)noc2C)c1C. The van der Waals surface area contributed by atoms with E-state index in [4.69, 9.17) is 9.26 Å². The lowest BCUT2D eigenvalue weighted by Crippen LogP contribution is -2.21. The molecule has 0 aliphatic rings. The van der Waals surface area contributed by atoms with Gasteiger partial charge in [-0.2, -0.15) is 0 Å². The summed E-state index contributed by atoms with van der Waals surface area (Å²) in [5.41, 5.74) is 3.47. The number of esters is 1. The van der Waals surface area contributed by atoms with Gasteiger partial charge in [-0.3, -0.25) is 4.79 Å². The predicted octanol–water partition coefficient (Wildman–Crippen LogP) is 2.70. The summed E-state index contributed by atoms with van der Waals surface area (Å²) in [6.45, 7) is 6.77. The summed E-state index contributed by atoms with van der Waals surface area (Å²) < 4.78 is 9.90. The van der Waals surface area contributed by atoms with Gasteiger partial charge in [0.2, 0.25) is 0 Å². The monoisotopic (exact) mass is 302 g/mol. The Morgan fingerprint density at radius 3 is 2.59 bits per heavy atom. The van der Waals surface area contributed by atoms with Crippen LogP contribution in [0.3, 0.4) is 0 Å². The van der Waals surface area contributed by atoms with Crippen LogP contribution >= 0.6 is 0 Å². The zero-order valence-corrected chi connectivity index (χ0v) is 13.0. The summed E-state index contributed by atoms with van der Waals surface area (Å²) in [7, 11) is 0. The molecule has 6 nitrogen and oxygen atoms in total. The maximum absolute atomic E-state index is 11.9. The summed E-state index contributed by atoms with van der Waals surface area (Å²) >= 11 is 0. The van der Waals surface area contributed by atoms with Gasteiger partial charge in [0.25, 0.3) is 5.91 Å². The molecule has 0 aliphatic heterocycles. The highest BCUT2D eigenvalue weighted by Gasteiger charge is 2.20. The molecule has 0 unspecified atom stereocenters. The molecule has 1 N–H and O–H groups in total. The van der Waals surface area contributed by atoms with Gasteiger partial charge in [0.1, 0.15) is 11.3 Å². The first-order valence-electron chi connectivity index (χ1n) is 6.86. The highest BCUT2D eigenvalue weighted by atomic mass is 16.5. The van der Waals surface area contributed by atoms with Crippen molar-refractivity contribution in [2.24, 2.45) is 0 Å². The highest BCUT2D eigenvalue weighted by molar-refractivity contribution is 5.96. The summed E-state index contributed by atoms with van der Waals surface area (Å²) in [4.78, 5) is 23.8. The largest absolute Gasteiger partial charge is 0.452 e. The zero-order chi connectivity index (χ0) is 16.3. The van der Waals surface area contributed by atoms with Crippen LogP contribution in [-0.4, -0.2) is 23.6 Å². The smallest absolute Gasteiger partial charge is 0.344 e. The number of aromatic nitrogens is 1. The second-order valence-electron chi connectivity index (χ2n) is 5.07. The number of hydrogen-bond donors (Lipinski definition) is 1. The Morgan fingerprint density at radius 2 is 1.95 bits per heavy atom. The fourth-order valence-corrected chi connectivity index (χ4v) is 2.05. The molecular formula is C16H18N2O4. The van der Waals surface area contributed by atoms with Gasteiger partial charge in [0, 0.05) is 5.69 Å². The minimum absolute atomic E-state index is 0.263. The Labute approximate surface area is 128 Å². The first kappa shape index (κ1) is 15.8. The topological polar surface area (TPSA) is 81.4 Å². The van der Waals surface area contributed by atoms with E-state index < -0.39 is 11.9 Å². The number of carbonyl (C=O) groups excluding carboxylic acids is 2. The molecular weight excluding hydrogens is 284 g/mol. The lowest BCUT2D eigenvalue weighted by molar-refractivity contribution is -0.119. The molecule has 0 radical (unpaired) electrons. The molecule has 1 aromatic heterocycles. The van der Waals surface area contributed by atoms with E-state index in [2.05, 4.69) is 10.5 Å². The standard InChI is InChI=1S/C16H18N2O4/c1-9-6-5-7-13(10(9)2)17-14(19)8-21-16(20)15-11(3)18-22-12(15)4/h5-7H,8H2,1-4H3,(H,17,19). The molecule has 116 valence electrons. The molecule has 1 aromatic carbocycles. The molecule has 0 spiro atoms. The summed E-state index contributed by atoms with van der Waals surface area (Å²) in [5, 5.41) is 6.40. The van der Waals surface area contributed by atoms with Gasteiger partial charge in [-0.15, -0.1) is 0 Å². The molecule has 0 saturated heterocycles. The minimum atomic E-state index is -0.618. The molecule has 0 fully saturated rings. The van der Waals surface area contributed by atoms with Gasteiger partial charge in [0.15, 0.2) is 6.61 Å². The number of aryl methyl sites for hydroxylation is 3. The number of ether oxygens (including phenoxy) is 1. The van der Waals surface area contributed by atoms with Crippen LogP contribution in [0.4, 0.5) is 5.69 Å². The van der Waals surface area contributed by atoms with Crippen LogP contribution in [0.15, 0.2) is 22.7 Å². The van der Waals surface area contributed by atoms with Crippen LogP contribution in [0.1, 0.15) is 32.9 Å². The predicted molar refractivity (Wildman–Crippen MR) is 80.8 cm³/mol. The van der Waals surface area contributed by atoms with Crippen LogP contribution in [0.25, 0.3) is 0 Å². The van der Waals surface area contributed by atoms with Gasteiger partial charge in [-0.25, -0.2) is 4.79 Å². The maximum Gasteiger partial charge on any atom is 0.344 e. The highest BCUT2D eigenvalue weighted by Crippen LogP contribution is 2.18. The van der Waals surface area contributed by atoms with E-state index in [9.17, 15) is 9.59 Å². The van der Waals surface area contributed by atoms with Gasteiger partial charge in [-0.05, 0) is 44.9 Å². The summed E-state index contributed by atoms with van der Waals surface area (Å²) in [5.74, 6) is -0.640. The number of benzene rings is 1. The van der Waals surface area contributed by atoms with Gasteiger partial charge in [0.05, 0.1) is 5.69 Å². The molecule has 1 heterocycles. The molecule has 0 aliphatic carbocycles. The quantitative estimate of drug-likeness (QED) is 0.878. The fourth-order valence-electron chi connectivity index (χ4n) is 2.05. The van der Waals surface area contributed by atoms with Crippen molar-refractivity contribution in [1.82, 2.24) is 5.16 Å². The average Bonchev–Trinajstić information content (AvgIpc) is 2.81. The van der Waals surface area contributed by atoms with Crippen molar-refractivity contribution in [2.75, 3.05) is 11.9 Å². The van der Waals surface area contributed by atoms with E-state index in [1.54, 1.807) is 19.9 Å². The Hall–Kier alpha value is -2.63. The van der Waals surface area contributed by atoms with Crippen molar-refractivity contribution >= 4 is 17.6 Å². The molecule has 2 aromatic rings. The fraction of sp³-hybridized carbons (Fsp3) is 0.312. The third kappa shape index (κ3) is 3.33. The number of rotatable bonds is 4. The third-order valence-corrected chi connectivity index (χ3v) is 3.45. The number of nitrogens with one attached hydrogen (secondary N) is 1. The summed E-state index contributed by atoms with van der Waals surface area (Å²) in [6.07, 6.45) is 0. The Bertz CT molecular complexity index is 699. The van der Waals surface area contributed by atoms with E-state index >= 15 is 0 Å². The van der Waals surface area contributed by atoms with Crippen LogP contribution < -0.4 is 5.32 Å². The van der Waals surface area contributed by atoms with Crippen molar-refractivity contribution in [3.63, 3.8) is 0 Å². The average molecular weight is 302 g/mol. The van der Waals surface area contributed by atoms with E-state index in [-0.39, 0.29) is 12.2 Å². The Morgan fingerprint density at radius 1 is 1.23 bits per heavy atom. The summed E-state index contributed by atoms with van der Waals surface area (Å²) in [6, 6.07) is 5.62. The van der Waals surface area contributed by atoms with Crippen molar-refractivity contribution < 1.29 is 18.8 Å². The second-order valence-corrected chi connectivity index (χ2v) is 5.07. The molecule has 0 bridgehead atoms. The molecule has 1 amide bonds. The van der Waals surface area contributed by atoms with E-state index in [0.29, 0.717) is 17.1 Å². The van der Waals surface area contributed by atoms with Crippen molar-refractivity contribution in [3.8, 4) is 0 Å². The Balaban J connectivity index is 1.96. The van der Waals surface area contributed by atoms with E-state index in [1.807, 2.05) is 26.0 Å². The number of nitrogens with zero attached hydrogens (tertiary/aromatic N) is 1. The van der Waals surface area contributed by atoms with Crippen molar-refractivity contribution in [1.29, 1.82) is 0 Å².